The van der Waals surface area contributed by atoms with Crippen molar-refractivity contribution in [2.24, 2.45) is 0 Å². The number of benzene rings is 2. The zero-order chi connectivity index (χ0) is 16.4. The zero-order valence-corrected chi connectivity index (χ0v) is 13.2. The third-order valence-electron chi connectivity index (χ3n) is 4.02. The molecule has 23 heavy (non-hydrogen) atoms. The van der Waals surface area contributed by atoms with Crippen molar-refractivity contribution in [3.63, 3.8) is 0 Å². The summed E-state index contributed by atoms with van der Waals surface area (Å²) in [4.78, 5) is 15.8. The summed E-state index contributed by atoms with van der Waals surface area (Å²) in [6.07, 6.45) is 1.98. The van der Waals surface area contributed by atoms with Crippen molar-refractivity contribution in [3.8, 4) is 0 Å². The average molecular weight is 310 g/mol. The molecule has 0 saturated carbocycles. The number of hydrogen-bond acceptors (Lipinski definition) is 1. The Morgan fingerprint density at radius 2 is 1.74 bits per heavy atom. The molecule has 2 aromatic rings. The van der Waals surface area contributed by atoms with Crippen molar-refractivity contribution < 1.29 is 9.18 Å². The highest BCUT2D eigenvalue weighted by Gasteiger charge is 2.32. The molecule has 0 aromatic heterocycles. The van der Waals surface area contributed by atoms with E-state index in [2.05, 4.69) is 0 Å². The Labute approximate surface area is 135 Å². The average Bonchev–Trinajstić information content (AvgIpc) is 3.00. The molecule has 2 amide bonds. The Kier molecular flexibility index (Phi) is 4.15. The van der Waals surface area contributed by atoms with Crippen LogP contribution in [0.1, 0.15) is 17.2 Å². The highest BCUT2D eigenvalue weighted by atomic mass is 19.1. The second-order valence-corrected chi connectivity index (χ2v) is 5.83. The molecule has 0 radical (unpaired) electrons. The number of hydrogen-bond donors (Lipinski definition) is 0. The maximum Gasteiger partial charge on any atom is 0.320 e. The van der Waals surface area contributed by atoms with Gasteiger partial charge in [-0.25, -0.2) is 9.18 Å². The van der Waals surface area contributed by atoms with Gasteiger partial charge in [-0.05, 0) is 17.2 Å². The minimum atomic E-state index is -0.260. The first-order valence-corrected chi connectivity index (χ1v) is 7.56. The number of nitrogens with zero attached hydrogens (tertiary/aromatic N) is 2. The Hall–Kier alpha value is -2.62. The van der Waals surface area contributed by atoms with Crippen molar-refractivity contribution >= 4 is 11.6 Å². The quantitative estimate of drug-likeness (QED) is 0.824. The van der Waals surface area contributed by atoms with Gasteiger partial charge < -0.3 is 9.80 Å². The Morgan fingerprint density at radius 1 is 1.09 bits per heavy atom. The van der Waals surface area contributed by atoms with Gasteiger partial charge in [0.2, 0.25) is 0 Å². The van der Waals surface area contributed by atoms with Crippen LogP contribution >= 0.6 is 0 Å². The van der Waals surface area contributed by atoms with E-state index in [1.54, 1.807) is 36.0 Å². The van der Waals surface area contributed by atoms with Gasteiger partial charge in [0.05, 0.1) is 6.04 Å². The maximum absolute atomic E-state index is 14.1. The number of urea groups is 1. The second kappa shape index (κ2) is 6.24. The minimum absolute atomic E-state index is 0.0820. The topological polar surface area (TPSA) is 23.6 Å². The molecule has 3 rings (SSSR count). The van der Waals surface area contributed by atoms with Crippen molar-refractivity contribution in [1.29, 1.82) is 0 Å². The molecule has 3 nitrogen and oxygen atoms in total. The number of carbonyl (C=O) groups excluding carboxylic acids is 1. The lowest BCUT2D eigenvalue weighted by molar-refractivity contribution is 0.170. The summed E-state index contributed by atoms with van der Waals surface area (Å²) in [7, 11) is 3.46. The Balaban J connectivity index is 2.01. The van der Waals surface area contributed by atoms with Crippen LogP contribution < -0.4 is 0 Å². The molecular weight excluding hydrogens is 291 g/mol. The lowest BCUT2D eigenvalue weighted by Crippen LogP contribution is -2.39. The van der Waals surface area contributed by atoms with Crippen molar-refractivity contribution in [3.05, 3.63) is 77.6 Å². The van der Waals surface area contributed by atoms with Gasteiger partial charge in [-0.2, -0.15) is 0 Å². The molecular formula is C19H19FN2O. The van der Waals surface area contributed by atoms with Crippen LogP contribution in [0.2, 0.25) is 0 Å². The second-order valence-electron chi connectivity index (χ2n) is 5.83. The van der Waals surface area contributed by atoms with Gasteiger partial charge in [0.15, 0.2) is 0 Å². The first-order valence-electron chi connectivity index (χ1n) is 7.56. The van der Waals surface area contributed by atoms with Crippen LogP contribution in [0.4, 0.5) is 9.18 Å². The summed E-state index contributed by atoms with van der Waals surface area (Å²) in [5.41, 5.74) is 2.42. The number of rotatable bonds is 2. The first-order chi connectivity index (χ1) is 11.1. The van der Waals surface area contributed by atoms with Crippen LogP contribution in [-0.2, 0) is 0 Å². The van der Waals surface area contributed by atoms with E-state index in [0.717, 1.165) is 11.1 Å². The van der Waals surface area contributed by atoms with Gasteiger partial charge in [-0.1, -0.05) is 54.6 Å². The molecule has 118 valence electrons. The molecule has 4 heteroatoms. The molecule has 0 bridgehead atoms. The van der Waals surface area contributed by atoms with Gasteiger partial charge >= 0.3 is 6.03 Å². The van der Waals surface area contributed by atoms with E-state index in [1.807, 2.05) is 42.5 Å². The highest BCUT2D eigenvalue weighted by Crippen LogP contribution is 2.35. The van der Waals surface area contributed by atoms with Gasteiger partial charge in [0, 0.05) is 26.2 Å². The molecule has 1 aliphatic heterocycles. The van der Waals surface area contributed by atoms with Gasteiger partial charge in [0.25, 0.3) is 0 Å². The van der Waals surface area contributed by atoms with E-state index in [1.165, 1.54) is 6.07 Å². The molecule has 0 fully saturated rings. The van der Waals surface area contributed by atoms with E-state index in [4.69, 9.17) is 0 Å². The first kappa shape index (κ1) is 15.3. The monoisotopic (exact) mass is 310 g/mol. The summed E-state index contributed by atoms with van der Waals surface area (Å²) in [5, 5.41) is 0. The number of carbonyl (C=O) groups is 1. The van der Waals surface area contributed by atoms with Crippen molar-refractivity contribution in [1.82, 2.24) is 9.80 Å². The van der Waals surface area contributed by atoms with Crippen LogP contribution in [0.3, 0.4) is 0 Å². The molecule has 0 saturated heterocycles. The maximum atomic E-state index is 14.1. The molecule has 1 unspecified atom stereocenters. The standard InChI is InChI=1S/C19H19FN2O/c1-21(2)19(23)22-13-15(16-10-6-7-11-17(16)20)12-18(22)14-8-4-3-5-9-14/h3-12,18H,13H2,1-2H3. The van der Waals surface area contributed by atoms with Gasteiger partial charge in [-0.15, -0.1) is 0 Å². The van der Waals surface area contributed by atoms with E-state index in [9.17, 15) is 9.18 Å². The molecule has 1 aliphatic rings. The SMILES string of the molecule is CN(C)C(=O)N1CC(c2ccccc2F)=CC1c1ccccc1. The fourth-order valence-corrected chi connectivity index (χ4v) is 2.88. The van der Waals surface area contributed by atoms with E-state index in [0.29, 0.717) is 12.1 Å². The smallest absolute Gasteiger partial charge is 0.320 e. The van der Waals surface area contributed by atoms with E-state index >= 15 is 0 Å². The molecule has 2 aromatic carbocycles. The third kappa shape index (κ3) is 2.97. The van der Waals surface area contributed by atoms with Crippen molar-refractivity contribution in [2.75, 3.05) is 20.6 Å². The molecule has 0 N–H and O–H groups in total. The summed E-state index contributed by atoms with van der Waals surface area (Å²) < 4.78 is 14.1. The predicted octanol–water partition coefficient (Wildman–Crippen LogP) is 3.95. The predicted molar refractivity (Wildman–Crippen MR) is 89.3 cm³/mol. The van der Waals surface area contributed by atoms with Crippen molar-refractivity contribution in [2.45, 2.75) is 6.04 Å². The summed E-state index contributed by atoms with van der Waals surface area (Å²) in [6.45, 7) is 0.400. The third-order valence-corrected chi connectivity index (χ3v) is 4.02. The molecule has 0 aliphatic carbocycles. The fourth-order valence-electron chi connectivity index (χ4n) is 2.88. The van der Waals surface area contributed by atoms with Gasteiger partial charge in [0.1, 0.15) is 5.82 Å². The summed E-state index contributed by atoms with van der Waals surface area (Å²) in [6, 6.07) is 16.2. The highest BCUT2D eigenvalue weighted by molar-refractivity contribution is 5.81. The summed E-state index contributed by atoms with van der Waals surface area (Å²) >= 11 is 0. The largest absolute Gasteiger partial charge is 0.331 e. The summed E-state index contributed by atoms with van der Waals surface area (Å²) in [5.74, 6) is -0.260. The fraction of sp³-hybridized carbons (Fsp3) is 0.211. The van der Waals surface area contributed by atoms with Crippen LogP contribution in [0.25, 0.3) is 5.57 Å². The van der Waals surface area contributed by atoms with Crippen LogP contribution in [0.5, 0.6) is 0 Å². The zero-order valence-electron chi connectivity index (χ0n) is 13.2. The lowest BCUT2D eigenvalue weighted by atomic mass is 10.0. The van der Waals surface area contributed by atoms with Crippen LogP contribution in [0, 0.1) is 5.82 Å². The van der Waals surface area contributed by atoms with Crippen LogP contribution in [0.15, 0.2) is 60.7 Å². The van der Waals surface area contributed by atoms with Crippen LogP contribution in [-0.4, -0.2) is 36.5 Å². The number of amides is 2. The Morgan fingerprint density at radius 3 is 2.39 bits per heavy atom. The van der Waals surface area contributed by atoms with E-state index < -0.39 is 0 Å². The molecule has 1 heterocycles. The lowest BCUT2D eigenvalue weighted by Gasteiger charge is -2.28. The molecule has 0 spiro atoms. The minimum Gasteiger partial charge on any atom is -0.331 e. The Bertz CT molecular complexity index is 740. The normalized spacial score (nSPS) is 17.1. The molecule has 1 atom stereocenters. The number of halogens is 1. The van der Waals surface area contributed by atoms with E-state index in [-0.39, 0.29) is 17.9 Å². The van der Waals surface area contributed by atoms with Gasteiger partial charge in [-0.3, -0.25) is 0 Å².